The zero-order chi connectivity index (χ0) is 17.1. The lowest BCUT2D eigenvalue weighted by atomic mass is 10.1. The Hall–Kier alpha value is -2.37. The van der Waals surface area contributed by atoms with Crippen molar-refractivity contribution in [2.75, 3.05) is 6.54 Å². The summed E-state index contributed by atoms with van der Waals surface area (Å²) < 4.78 is 5.47. The molecule has 1 fully saturated rings. The number of aryl methyl sites for hydroxylation is 1. The molecule has 0 unspecified atom stereocenters. The molecule has 0 spiro atoms. The standard InChI is InChI=1S/C18H24N4O2/c1-4-13(3)19-18(23)22-10-6-9-15(22)17-20-16(21-24-17)14-8-5-7-12(2)11-14/h5,7-8,11,13,15H,4,6,9-10H2,1-3H3,(H,19,23)/t13-,15+/m1/s1. The number of nitrogens with one attached hydrogen (secondary N) is 1. The first-order valence-electron chi connectivity index (χ1n) is 8.56. The van der Waals surface area contributed by atoms with Crippen molar-refractivity contribution in [1.82, 2.24) is 20.4 Å². The Morgan fingerprint density at radius 3 is 3.08 bits per heavy atom. The number of rotatable bonds is 4. The highest BCUT2D eigenvalue weighted by molar-refractivity contribution is 5.75. The van der Waals surface area contributed by atoms with Crippen LogP contribution in [-0.2, 0) is 0 Å². The summed E-state index contributed by atoms with van der Waals surface area (Å²) in [5, 5.41) is 7.11. The van der Waals surface area contributed by atoms with Crippen molar-refractivity contribution < 1.29 is 9.32 Å². The number of benzene rings is 1. The molecule has 1 saturated heterocycles. The van der Waals surface area contributed by atoms with Gasteiger partial charge in [0.05, 0.1) is 0 Å². The maximum Gasteiger partial charge on any atom is 0.318 e. The van der Waals surface area contributed by atoms with Gasteiger partial charge in [-0.2, -0.15) is 4.98 Å². The molecule has 2 aromatic rings. The predicted molar refractivity (Wildman–Crippen MR) is 91.4 cm³/mol. The Balaban J connectivity index is 1.77. The fraction of sp³-hybridized carbons (Fsp3) is 0.500. The number of urea groups is 1. The number of hydrogen-bond acceptors (Lipinski definition) is 4. The van der Waals surface area contributed by atoms with Crippen LogP contribution in [0.25, 0.3) is 11.4 Å². The first-order chi connectivity index (χ1) is 11.6. The SMILES string of the molecule is CC[C@@H](C)NC(=O)N1CCC[C@H]1c1nc(-c2cccc(C)c2)no1. The molecule has 1 aliphatic heterocycles. The van der Waals surface area contributed by atoms with Gasteiger partial charge in [-0.15, -0.1) is 0 Å². The summed E-state index contributed by atoms with van der Waals surface area (Å²) in [4.78, 5) is 18.8. The Kier molecular flexibility index (Phi) is 4.83. The van der Waals surface area contributed by atoms with Crippen LogP contribution in [0.3, 0.4) is 0 Å². The molecule has 6 nitrogen and oxygen atoms in total. The fourth-order valence-electron chi connectivity index (χ4n) is 2.93. The average molecular weight is 328 g/mol. The fourth-order valence-corrected chi connectivity index (χ4v) is 2.93. The van der Waals surface area contributed by atoms with E-state index in [2.05, 4.69) is 22.4 Å². The Morgan fingerprint density at radius 1 is 1.50 bits per heavy atom. The van der Waals surface area contributed by atoms with Gasteiger partial charge in [-0.1, -0.05) is 35.8 Å². The monoisotopic (exact) mass is 328 g/mol. The second-order valence-corrected chi connectivity index (χ2v) is 6.44. The van der Waals surface area contributed by atoms with E-state index in [1.807, 2.05) is 38.1 Å². The Labute approximate surface area is 142 Å². The first kappa shape index (κ1) is 16.5. The van der Waals surface area contributed by atoms with Gasteiger partial charge in [-0.3, -0.25) is 0 Å². The van der Waals surface area contributed by atoms with E-state index < -0.39 is 0 Å². The van der Waals surface area contributed by atoms with Gasteiger partial charge in [0.25, 0.3) is 0 Å². The van der Waals surface area contributed by atoms with E-state index in [1.54, 1.807) is 4.90 Å². The third kappa shape index (κ3) is 3.42. The van der Waals surface area contributed by atoms with Crippen molar-refractivity contribution in [2.45, 2.75) is 52.1 Å². The van der Waals surface area contributed by atoms with Crippen LogP contribution in [0.15, 0.2) is 28.8 Å². The zero-order valence-electron chi connectivity index (χ0n) is 14.5. The van der Waals surface area contributed by atoms with E-state index in [0.717, 1.165) is 36.9 Å². The van der Waals surface area contributed by atoms with Crippen LogP contribution in [0.5, 0.6) is 0 Å². The summed E-state index contributed by atoms with van der Waals surface area (Å²) in [6.07, 6.45) is 2.70. The van der Waals surface area contributed by atoms with E-state index in [9.17, 15) is 4.79 Å². The van der Waals surface area contributed by atoms with Crippen molar-refractivity contribution in [3.8, 4) is 11.4 Å². The van der Waals surface area contributed by atoms with Gasteiger partial charge >= 0.3 is 6.03 Å². The van der Waals surface area contributed by atoms with E-state index in [4.69, 9.17) is 4.52 Å². The normalized spacial score (nSPS) is 18.6. The number of nitrogens with zero attached hydrogens (tertiary/aromatic N) is 3. The molecule has 0 radical (unpaired) electrons. The summed E-state index contributed by atoms with van der Waals surface area (Å²) in [6, 6.07) is 7.96. The Morgan fingerprint density at radius 2 is 2.33 bits per heavy atom. The zero-order valence-corrected chi connectivity index (χ0v) is 14.5. The maximum absolute atomic E-state index is 12.4. The van der Waals surface area contributed by atoms with E-state index in [-0.39, 0.29) is 18.1 Å². The highest BCUT2D eigenvalue weighted by Crippen LogP contribution is 2.32. The van der Waals surface area contributed by atoms with Crippen LogP contribution in [0.2, 0.25) is 0 Å². The lowest BCUT2D eigenvalue weighted by molar-refractivity contribution is 0.177. The second-order valence-electron chi connectivity index (χ2n) is 6.44. The molecule has 2 heterocycles. The second kappa shape index (κ2) is 7.03. The minimum absolute atomic E-state index is 0.0536. The number of carbonyl (C=O) groups is 1. The van der Waals surface area contributed by atoms with Gasteiger partial charge in [0.2, 0.25) is 11.7 Å². The molecule has 24 heavy (non-hydrogen) atoms. The van der Waals surface area contributed by atoms with Gasteiger partial charge in [0, 0.05) is 18.2 Å². The smallest absolute Gasteiger partial charge is 0.318 e. The molecule has 128 valence electrons. The third-order valence-electron chi connectivity index (χ3n) is 4.50. The average Bonchev–Trinajstić information content (AvgIpc) is 3.23. The molecule has 1 aromatic heterocycles. The predicted octanol–water partition coefficient (Wildman–Crippen LogP) is 3.69. The lowest BCUT2D eigenvalue weighted by Gasteiger charge is -2.24. The van der Waals surface area contributed by atoms with Crippen LogP contribution in [0, 0.1) is 6.92 Å². The molecule has 0 aliphatic carbocycles. The number of hydrogen-bond donors (Lipinski definition) is 1. The molecule has 1 N–H and O–H groups in total. The number of amides is 2. The molecular weight excluding hydrogens is 304 g/mol. The van der Waals surface area contributed by atoms with E-state index >= 15 is 0 Å². The van der Waals surface area contributed by atoms with Crippen molar-refractivity contribution in [3.05, 3.63) is 35.7 Å². The topological polar surface area (TPSA) is 71.3 Å². The largest absolute Gasteiger partial charge is 0.337 e. The molecule has 2 atom stereocenters. The van der Waals surface area contributed by atoms with Crippen molar-refractivity contribution in [2.24, 2.45) is 0 Å². The van der Waals surface area contributed by atoms with Crippen LogP contribution >= 0.6 is 0 Å². The quantitative estimate of drug-likeness (QED) is 0.929. The maximum atomic E-state index is 12.4. The van der Waals surface area contributed by atoms with Crippen molar-refractivity contribution in [3.63, 3.8) is 0 Å². The van der Waals surface area contributed by atoms with E-state index in [0.29, 0.717) is 11.7 Å². The highest BCUT2D eigenvalue weighted by Gasteiger charge is 2.34. The van der Waals surface area contributed by atoms with Crippen LogP contribution in [0.1, 0.15) is 50.6 Å². The van der Waals surface area contributed by atoms with Crippen LogP contribution < -0.4 is 5.32 Å². The molecule has 0 bridgehead atoms. The summed E-state index contributed by atoms with van der Waals surface area (Å²) in [5.74, 6) is 1.09. The number of aromatic nitrogens is 2. The molecule has 3 rings (SSSR count). The lowest BCUT2D eigenvalue weighted by Crippen LogP contribution is -2.43. The number of carbonyl (C=O) groups excluding carboxylic acids is 1. The molecule has 1 aromatic carbocycles. The summed E-state index contributed by atoms with van der Waals surface area (Å²) >= 11 is 0. The molecule has 6 heteroatoms. The van der Waals surface area contributed by atoms with Crippen LogP contribution in [-0.4, -0.2) is 33.7 Å². The summed E-state index contributed by atoms with van der Waals surface area (Å²) in [5.41, 5.74) is 2.08. The van der Waals surface area contributed by atoms with Gasteiger partial charge < -0.3 is 14.7 Å². The molecular formula is C18H24N4O2. The van der Waals surface area contributed by atoms with Gasteiger partial charge in [-0.25, -0.2) is 4.79 Å². The third-order valence-corrected chi connectivity index (χ3v) is 4.50. The van der Waals surface area contributed by atoms with E-state index in [1.165, 1.54) is 0 Å². The molecule has 2 amide bonds. The summed E-state index contributed by atoms with van der Waals surface area (Å²) in [6.45, 7) is 6.81. The first-order valence-corrected chi connectivity index (χ1v) is 8.56. The number of likely N-dealkylation sites (tertiary alicyclic amines) is 1. The van der Waals surface area contributed by atoms with Crippen LogP contribution in [0.4, 0.5) is 4.79 Å². The molecule has 0 saturated carbocycles. The van der Waals surface area contributed by atoms with Gasteiger partial charge in [0.1, 0.15) is 6.04 Å². The summed E-state index contributed by atoms with van der Waals surface area (Å²) in [7, 11) is 0. The minimum Gasteiger partial charge on any atom is -0.337 e. The Bertz CT molecular complexity index is 713. The highest BCUT2D eigenvalue weighted by atomic mass is 16.5. The van der Waals surface area contributed by atoms with Crippen molar-refractivity contribution >= 4 is 6.03 Å². The van der Waals surface area contributed by atoms with Gasteiger partial charge in [0.15, 0.2) is 0 Å². The van der Waals surface area contributed by atoms with Crippen molar-refractivity contribution in [1.29, 1.82) is 0 Å². The molecule has 1 aliphatic rings. The minimum atomic E-state index is -0.139. The van der Waals surface area contributed by atoms with Gasteiger partial charge in [-0.05, 0) is 39.2 Å².